The van der Waals surface area contributed by atoms with Crippen LogP contribution in [0.1, 0.15) is 26.2 Å². The molecule has 2 unspecified atom stereocenters. The van der Waals surface area contributed by atoms with Crippen LogP contribution < -0.4 is 5.32 Å². The second kappa shape index (κ2) is 6.11. The average molecular weight is 284 g/mol. The quantitative estimate of drug-likeness (QED) is 0.730. The van der Waals surface area contributed by atoms with Crippen LogP contribution in [0.15, 0.2) is 0 Å². The highest BCUT2D eigenvalue weighted by Gasteiger charge is 2.45. The number of aliphatic carboxylic acids is 1. The Labute approximate surface area is 117 Å². The van der Waals surface area contributed by atoms with Crippen molar-refractivity contribution in [3.05, 3.63) is 0 Å². The van der Waals surface area contributed by atoms with Gasteiger partial charge in [-0.15, -0.1) is 0 Å². The predicted octanol–water partition coefficient (Wildman–Crippen LogP) is 0.444. The first kappa shape index (κ1) is 14.6. The highest BCUT2D eigenvalue weighted by Crippen LogP contribution is 2.29. The summed E-state index contributed by atoms with van der Waals surface area (Å²) >= 11 is 0. The maximum atomic E-state index is 11.7. The second-order valence-electron chi connectivity index (χ2n) is 5.32. The smallest absolute Gasteiger partial charge is 0.409 e. The number of nitrogens with zero attached hydrogens (tertiary/aromatic N) is 1. The van der Waals surface area contributed by atoms with Crippen molar-refractivity contribution >= 4 is 18.0 Å². The number of hydrogen-bond donors (Lipinski definition) is 2. The van der Waals surface area contributed by atoms with Gasteiger partial charge in [0.05, 0.1) is 12.5 Å². The Kier molecular flexibility index (Phi) is 4.46. The van der Waals surface area contributed by atoms with Gasteiger partial charge in [-0.25, -0.2) is 9.59 Å². The molecule has 2 aliphatic rings. The number of piperidine rings is 1. The molecule has 7 nitrogen and oxygen atoms in total. The third-order valence-corrected chi connectivity index (χ3v) is 3.94. The number of carboxylic acids is 1. The predicted molar refractivity (Wildman–Crippen MR) is 69.0 cm³/mol. The molecule has 2 fully saturated rings. The fourth-order valence-electron chi connectivity index (χ4n) is 2.89. The van der Waals surface area contributed by atoms with Gasteiger partial charge in [0.2, 0.25) is 5.91 Å². The topological polar surface area (TPSA) is 95.9 Å². The molecule has 0 spiro atoms. The minimum absolute atomic E-state index is 0.158. The van der Waals surface area contributed by atoms with Crippen molar-refractivity contribution in [1.82, 2.24) is 10.2 Å². The normalized spacial score (nSPS) is 29.4. The van der Waals surface area contributed by atoms with E-state index in [4.69, 9.17) is 9.84 Å². The fraction of sp³-hybridized carbons (Fsp3) is 0.769. The molecule has 0 aliphatic carbocycles. The van der Waals surface area contributed by atoms with E-state index in [2.05, 4.69) is 5.32 Å². The van der Waals surface area contributed by atoms with Gasteiger partial charge in [-0.3, -0.25) is 4.79 Å². The average Bonchev–Trinajstić information content (AvgIpc) is 2.42. The van der Waals surface area contributed by atoms with Gasteiger partial charge in [0, 0.05) is 13.1 Å². The first-order chi connectivity index (χ1) is 9.52. The zero-order valence-electron chi connectivity index (χ0n) is 11.5. The maximum absolute atomic E-state index is 11.7. The van der Waals surface area contributed by atoms with Crippen LogP contribution >= 0.6 is 0 Å². The summed E-state index contributed by atoms with van der Waals surface area (Å²) in [5.74, 6) is -1.51. The van der Waals surface area contributed by atoms with E-state index >= 15 is 0 Å². The molecule has 2 N–H and O–H groups in total. The van der Waals surface area contributed by atoms with Gasteiger partial charge in [0.25, 0.3) is 0 Å². The summed E-state index contributed by atoms with van der Waals surface area (Å²) < 4.78 is 4.97. The molecule has 0 aromatic rings. The molecule has 0 radical (unpaired) electrons. The van der Waals surface area contributed by atoms with Crippen molar-refractivity contribution in [2.75, 3.05) is 19.7 Å². The van der Waals surface area contributed by atoms with E-state index in [0.29, 0.717) is 26.1 Å². The number of likely N-dealkylation sites (tertiary alicyclic amines) is 1. The van der Waals surface area contributed by atoms with Gasteiger partial charge < -0.3 is 20.1 Å². The van der Waals surface area contributed by atoms with Gasteiger partial charge >= 0.3 is 12.1 Å². The first-order valence-corrected chi connectivity index (χ1v) is 6.97. The number of ether oxygens (including phenoxy) is 1. The zero-order chi connectivity index (χ0) is 14.7. The summed E-state index contributed by atoms with van der Waals surface area (Å²) in [6.45, 7) is 3.30. The zero-order valence-corrected chi connectivity index (χ0v) is 11.5. The first-order valence-electron chi connectivity index (χ1n) is 6.97. The second-order valence-corrected chi connectivity index (χ2v) is 5.32. The highest BCUT2D eigenvalue weighted by molar-refractivity contribution is 5.96. The van der Waals surface area contributed by atoms with E-state index in [1.165, 1.54) is 0 Å². The number of nitrogens with one attached hydrogen (secondary N) is 1. The Morgan fingerprint density at radius 3 is 2.85 bits per heavy atom. The van der Waals surface area contributed by atoms with Crippen molar-refractivity contribution in [2.45, 2.75) is 32.2 Å². The maximum Gasteiger partial charge on any atom is 0.409 e. The third-order valence-electron chi connectivity index (χ3n) is 3.94. The summed E-state index contributed by atoms with van der Waals surface area (Å²) in [7, 11) is 0. The molecule has 0 bridgehead atoms. The van der Waals surface area contributed by atoms with E-state index in [9.17, 15) is 14.4 Å². The van der Waals surface area contributed by atoms with Gasteiger partial charge in [-0.1, -0.05) is 0 Å². The Morgan fingerprint density at radius 2 is 2.25 bits per heavy atom. The van der Waals surface area contributed by atoms with Crippen LogP contribution in [0.5, 0.6) is 0 Å². The van der Waals surface area contributed by atoms with Crippen LogP contribution in [0.25, 0.3) is 0 Å². The number of carbonyl (C=O) groups is 3. The van der Waals surface area contributed by atoms with Crippen LogP contribution in [0.4, 0.5) is 4.79 Å². The van der Waals surface area contributed by atoms with Gasteiger partial charge in [-0.05, 0) is 32.1 Å². The van der Waals surface area contributed by atoms with Crippen molar-refractivity contribution in [3.8, 4) is 0 Å². The lowest BCUT2D eigenvalue weighted by molar-refractivity contribution is -0.154. The molecule has 3 atom stereocenters. The van der Waals surface area contributed by atoms with Gasteiger partial charge in [-0.2, -0.15) is 0 Å². The minimum atomic E-state index is -0.993. The number of hydrogen-bond acceptors (Lipinski definition) is 4. The summed E-state index contributed by atoms with van der Waals surface area (Å²) in [5.41, 5.74) is 0. The van der Waals surface area contributed by atoms with Gasteiger partial charge in [0.15, 0.2) is 0 Å². The molecule has 112 valence electrons. The Balaban J connectivity index is 1.88. The lowest BCUT2D eigenvalue weighted by atomic mass is 9.80. The summed E-state index contributed by atoms with van der Waals surface area (Å²) in [6.07, 6.45) is 1.95. The van der Waals surface area contributed by atoms with Gasteiger partial charge in [0.1, 0.15) is 6.04 Å². The summed E-state index contributed by atoms with van der Waals surface area (Å²) in [4.78, 5) is 35.7. The summed E-state index contributed by atoms with van der Waals surface area (Å²) in [5, 5.41) is 11.4. The van der Waals surface area contributed by atoms with Crippen molar-refractivity contribution in [2.24, 2.45) is 11.8 Å². The van der Waals surface area contributed by atoms with Crippen LogP contribution in [0.2, 0.25) is 0 Å². The van der Waals surface area contributed by atoms with Crippen LogP contribution in [-0.2, 0) is 14.3 Å². The molecule has 0 saturated carbocycles. The van der Waals surface area contributed by atoms with Crippen molar-refractivity contribution in [3.63, 3.8) is 0 Å². The Bertz CT molecular complexity index is 412. The lowest BCUT2D eigenvalue weighted by Gasteiger charge is -2.38. The molecule has 0 aromatic heterocycles. The number of β-lactam (4-membered cyclic amide) rings is 1. The van der Waals surface area contributed by atoms with E-state index in [1.807, 2.05) is 0 Å². The standard InChI is InChI=1S/C13H20N2O5/c1-2-20-13(19)15-5-3-4-8(7-15)6-9-10(12(17)18)14-11(9)16/h8-10H,2-7H2,1H3,(H,14,16)(H,17,18)/t8?,9-,10?/m1/s1. The molecular weight excluding hydrogens is 264 g/mol. The van der Waals surface area contributed by atoms with Crippen LogP contribution in [-0.4, -0.2) is 53.7 Å². The number of carboxylic acid groups (broad SMARTS) is 1. The van der Waals surface area contributed by atoms with E-state index in [1.54, 1.807) is 11.8 Å². The number of rotatable bonds is 4. The van der Waals surface area contributed by atoms with E-state index in [-0.39, 0.29) is 17.9 Å². The third kappa shape index (κ3) is 3.02. The molecule has 2 amide bonds. The van der Waals surface area contributed by atoms with Crippen molar-refractivity contribution < 1.29 is 24.2 Å². The highest BCUT2D eigenvalue weighted by atomic mass is 16.6. The van der Waals surface area contributed by atoms with E-state index in [0.717, 1.165) is 12.8 Å². The molecule has 2 rings (SSSR count). The molecule has 0 aromatic carbocycles. The molecule has 2 saturated heterocycles. The van der Waals surface area contributed by atoms with Crippen LogP contribution in [0.3, 0.4) is 0 Å². The molecule has 2 heterocycles. The molecule has 7 heteroatoms. The van der Waals surface area contributed by atoms with Crippen LogP contribution in [0, 0.1) is 11.8 Å². The Hall–Kier alpha value is -1.79. The summed E-state index contributed by atoms with van der Waals surface area (Å²) in [6, 6.07) is -0.777. The molecule has 20 heavy (non-hydrogen) atoms. The number of carbonyl (C=O) groups excluding carboxylic acids is 2. The van der Waals surface area contributed by atoms with Crippen molar-refractivity contribution in [1.29, 1.82) is 0 Å². The number of amides is 2. The Morgan fingerprint density at radius 1 is 1.50 bits per heavy atom. The SMILES string of the molecule is CCOC(=O)N1CCCC(C[C@H]2C(=O)NC2C(=O)O)C1. The fourth-order valence-corrected chi connectivity index (χ4v) is 2.89. The molecule has 2 aliphatic heterocycles. The minimum Gasteiger partial charge on any atom is -0.480 e. The van der Waals surface area contributed by atoms with E-state index < -0.39 is 17.9 Å². The molecular formula is C13H20N2O5. The monoisotopic (exact) mass is 284 g/mol. The lowest BCUT2D eigenvalue weighted by Crippen LogP contribution is -2.62. The largest absolute Gasteiger partial charge is 0.480 e.